The smallest absolute Gasteiger partial charge is 0.0585 e. The van der Waals surface area contributed by atoms with Crippen LogP contribution in [0.3, 0.4) is 0 Å². The third-order valence-corrected chi connectivity index (χ3v) is 2.75. The van der Waals surface area contributed by atoms with E-state index in [1.807, 2.05) is 0 Å². The van der Waals surface area contributed by atoms with Crippen LogP contribution in [0.25, 0.3) is 0 Å². The van der Waals surface area contributed by atoms with Crippen LogP contribution in [-0.2, 0) is 4.74 Å². The average Bonchev–Trinajstić information content (AvgIpc) is 1.88. The fraction of sp³-hybridized carbons (Fsp3) is 1.00. The Balaban J connectivity index is 2.18. The summed E-state index contributed by atoms with van der Waals surface area (Å²) in [5, 5.41) is 0. The van der Waals surface area contributed by atoms with E-state index in [-0.39, 0.29) is 0 Å². The van der Waals surface area contributed by atoms with Crippen LogP contribution in [0.2, 0.25) is 0 Å². The van der Waals surface area contributed by atoms with E-state index in [1.54, 1.807) is 0 Å². The maximum absolute atomic E-state index is 5.56. The summed E-state index contributed by atoms with van der Waals surface area (Å²) in [6.07, 6.45) is 5.38. The molecule has 0 spiro atoms. The first-order valence-electron chi connectivity index (χ1n) is 4.08. The van der Waals surface area contributed by atoms with Crippen molar-refractivity contribution in [2.24, 2.45) is 0 Å². The molecule has 0 aliphatic carbocycles. The van der Waals surface area contributed by atoms with Crippen molar-refractivity contribution in [1.82, 2.24) is 0 Å². The van der Waals surface area contributed by atoms with Gasteiger partial charge in [0.1, 0.15) is 0 Å². The molecule has 60 valence electrons. The molecule has 0 unspecified atom stereocenters. The van der Waals surface area contributed by atoms with Gasteiger partial charge in [-0.2, -0.15) is 0 Å². The number of hydrogen-bond acceptors (Lipinski definition) is 1. The summed E-state index contributed by atoms with van der Waals surface area (Å²) in [6.45, 7) is 3.15. The van der Waals surface area contributed by atoms with Gasteiger partial charge < -0.3 is 4.74 Å². The van der Waals surface area contributed by atoms with Gasteiger partial charge in [0.2, 0.25) is 0 Å². The van der Waals surface area contributed by atoms with Crippen molar-refractivity contribution in [3.05, 3.63) is 0 Å². The molecule has 2 heteroatoms. The lowest BCUT2D eigenvalue weighted by atomic mass is 10.1. The van der Waals surface area contributed by atoms with E-state index < -0.39 is 0 Å². The van der Waals surface area contributed by atoms with Crippen molar-refractivity contribution in [3.63, 3.8) is 0 Å². The third kappa shape index (κ3) is 2.59. The van der Waals surface area contributed by atoms with Gasteiger partial charge in [-0.25, -0.2) is 0 Å². The Hall–Kier alpha value is 0.440. The van der Waals surface area contributed by atoms with Crippen LogP contribution in [0.15, 0.2) is 0 Å². The van der Waals surface area contributed by atoms with E-state index in [0.717, 1.165) is 6.61 Å². The van der Waals surface area contributed by atoms with Gasteiger partial charge in [-0.05, 0) is 19.3 Å². The van der Waals surface area contributed by atoms with Gasteiger partial charge in [-0.1, -0.05) is 29.3 Å². The third-order valence-electron chi connectivity index (χ3n) is 1.91. The highest BCUT2D eigenvalue weighted by Gasteiger charge is 2.18. The predicted octanol–water partition coefficient (Wildman–Crippen LogP) is 2.73. The van der Waals surface area contributed by atoms with Crippen molar-refractivity contribution >= 4 is 15.9 Å². The Morgan fingerprint density at radius 1 is 1.60 bits per heavy atom. The molecular weight excluding hydrogens is 192 g/mol. The minimum Gasteiger partial charge on any atom is -0.378 e. The minimum absolute atomic E-state index is 0.531. The molecule has 0 aromatic carbocycles. The number of alkyl halides is 1. The second-order valence-corrected chi connectivity index (χ2v) is 4.20. The number of ether oxygens (including phenoxy) is 1. The Morgan fingerprint density at radius 2 is 2.40 bits per heavy atom. The lowest BCUT2D eigenvalue weighted by Crippen LogP contribution is -2.25. The average molecular weight is 207 g/mol. The van der Waals surface area contributed by atoms with Crippen LogP contribution >= 0.6 is 15.9 Å². The van der Waals surface area contributed by atoms with Crippen molar-refractivity contribution < 1.29 is 4.74 Å². The largest absolute Gasteiger partial charge is 0.378 e. The zero-order valence-corrected chi connectivity index (χ0v) is 8.06. The quantitative estimate of drug-likeness (QED) is 0.632. The molecule has 1 aliphatic heterocycles. The highest BCUT2D eigenvalue weighted by molar-refractivity contribution is 9.09. The molecule has 1 aliphatic rings. The zero-order chi connectivity index (χ0) is 7.40. The lowest BCUT2D eigenvalue weighted by Gasteiger charge is -2.25. The predicted molar refractivity (Wildman–Crippen MR) is 46.6 cm³/mol. The molecule has 1 rings (SSSR count). The first-order valence-corrected chi connectivity index (χ1v) is 5.00. The first-order chi connectivity index (χ1) is 4.83. The van der Waals surface area contributed by atoms with Crippen LogP contribution in [0.4, 0.5) is 0 Å². The summed E-state index contributed by atoms with van der Waals surface area (Å²) >= 11 is 3.62. The Morgan fingerprint density at radius 3 is 3.00 bits per heavy atom. The lowest BCUT2D eigenvalue weighted by molar-refractivity contribution is 0.0145. The summed E-state index contributed by atoms with van der Waals surface area (Å²) in [6, 6.07) is 0. The summed E-state index contributed by atoms with van der Waals surface area (Å²) < 4.78 is 5.56. The zero-order valence-electron chi connectivity index (χ0n) is 6.48. The van der Waals surface area contributed by atoms with Gasteiger partial charge in [0, 0.05) is 11.4 Å². The number of hydrogen-bond donors (Lipinski definition) is 0. The summed E-state index contributed by atoms with van der Waals surface area (Å²) in [7, 11) is 0. The molecule has 0 N–H and O–H groups in total. The van der Waals surface area contributed by atoms with Crippen LogP contribution < -0.4 is 0 Å². The topological polar surface area (TPSA) is 9.23 Å². The van der Waals surface area contributed by atoms with Crippen molar-refractivity contribution in [1.29, 1.82) is 0 Å². The van der Waals surface area contributed by atoms with Gasteiger partial charge in [-0.3, -0.25) is 0 Å². The molecule has 1 saturated heterocycles. The van der Waals surface area contributed by atoms with Crippen molar-refractivity contribution in [2.45, 2.75) is 43.5 Å². The molecular formula is C8H15BrO. The van der Waals surface area contributed by atoms with E-state index in [1.165, 1.54) is 25.7 Å². The minimum atomic E-state index is 0.531. The second kappa shape index (κ2) is 4.35. The molecule has 1 heterocycles. The highest BCUT2D eigenvalue weighted by Crippen LogP contribution is 2.22. The molecule has 0 saturated carbocycles. The standard InChI is InChI=1S/C8H15BrO/c1-2-3-8-6-7(9)4-5-10-8/h7-8H,2-6H2,1H3/t7-,8-/m1/s1. The maximum atomic E-state index is 5.56. The highest BCUT2D eigenvalue weighted by atomic mass is 79.9. The summed E-state index contributed by atoms with van der Waals surface area (Å²) in [5.41, 5.74) is 0. The molecule has 1 nitrogen and oxygen atoms in total. The SMILES string of the molecule is CCC[C@@H]1C[C@H](Br)CCO1. The van der Waals surface area contributed by atoms with Crippen molar-refractivity contribution in [3.8, 4) is 0 Å². The molecule has 2 atom stereocenters. The normalized spacial score (nSPS) is 34.2. The van der Waals surface area contributed by atoms with Crippen LogP contribution in [0, 0.1) is 0 Å². The molecule has 1 fully saturated rings. The number of rotatable bonds is 2. The van der Waals surface area contributed by atoms with E-state index >= 15 is 0 Å². The van der Waals surface area contributed by atoms with E-state index in [0.29, 0.717) is 10.9 Å². The fourth-order valence-electron chi connectivity index (χ4n) is 1.36. The summed E-state index contributed by atoms with van der Waals surface area (Å²) in [5.74, 6) is 0. The molecule has 0 aromatic rings. The van der Waals surface area contributed by atoms with Gasteiger partial charge in [0.15, 0.2) is 0 Å². The monoisotopic (exact) mass is 206 g/mol. The van der Waals surface area contributed by atoms with Gasteiger partial charge in [0.25, 0.3) is 0 Å². The van der Waals surface area contributed by atoms with Crippen LogP contribution in [0.5, 0.6) is 0 Å². The van der Waals surface area contributed by atoms with E-state index in [4.69, 9.17) is 4.74 Å². The molecule has 0 amide bonds. The Bertz CT molecular complexity index is 93.3. The van der Waals surface area contributed by atoms with E-state index in [2.05, 4.69) is 22.9 Å². The van der Waals surface area contributed by atoms with Gasteiger partial charge in [-0.15, -0.1) is 0 Å². The molecule has 10 heavy (non-hydrogen) atoms. The van der Waals surface area contributed by atoms with Crippen LogP contribution in [0.1, 0.15) is 32.6 Å². The summed E-state index contributed by atoms with van der Waals surface area (Å²) in [4.78, 5) is 0.706. The van der Waals surface area contributed by atoms with E-state index in [9.17, 15) is 0 Å². The van der Waals surface area contributed by atoms with Gasteiger partial charge >= 0.3 is 0 Å². The first kappa shape index (κ1) is 8.54. The van der Waals surface area contributed by atoms with Crippen molar-refractivity contribution in [2.75, 3.05) is 6.61 Å². The fourth-order valence-corrected chi connectivity index (χ4v) is 1.96. The number of halogens is 1. The molecule has 0 aromatic heterocycles. The van der Waals surface area contributed by atoms with Gasteiger partial charge in [0.05, 0.1) is 6.10 Å². The maximum Gasteiger partial charge on any atom is 0.0585 e. The Kier molecular flexibility index (Phi) is 3.71. The molecule has 0 radical (unpaired) electrons. The Labute approximate surface area is 71.3 Å². The van der Waals surface area contributed by atoms with Crippen LogP contribution in [-0.4, -0.2) is 17.5 Å². The second-order valence-electron chi connectivity index (χ2n) is 2.90. The molecule has 0 bridgehead atoms.